The minimum atomic E-state index is -0.715. The van der Waals surface area contributed by atoms with Gasteiger partial charge in [0.15, 0.2) is 12.0 Å². The van der Waals surface area contributed by atoms with Gasteiger partial charge in [-0.2, -0.15) is 0 Å². The fourth-order valence-corrected chi connectivity index (χ4v) is 3.32. The predicted octanol–water partition coefficient (Wildman–Crippen LogP) is 2.72. The van der Waals surface area contributed by atoms with E-state index >= 15 is 0 Å². The Kier molecular flexibility index (Phi) is 4.78. The molecule has 6 heteroatoms. The molecule has 1 atom stereocenters. The Labute approximate surface area is 142 Å². The average Bonchev–Trinajstić information content (AvgIpc) is 2.58. The van der Waals surface area contributed by atoms with E-state index in [1.165, 1.54) is 18.3 Å². The summed E-state index contributed by atoms with van der Waals surface area (Å²) in [6.45, 7) is 1.18. The second-order valence-corrected chi connectivity index (χ2v) is 6.49. The molecule has 0 radical (unpaired) electrons. The maximum atomic E-state index is 12.6. The second-order valence-electron chi connectivity index (χ2n) is 5.41. The molecule has 1 N–H and O–H groups in total. The molecule has 0 bridgehead atoms. The molecule has 0 spiro atoms. The van der Waals surface area contributed by atoms with Gasteiger partial charge in [0.2, 0.25) is 0 Å². The van der Waals surface area contributed by atoms with Crippen LogP contribution in [0.1, 0.15) is 6.92 Å². The Morgan fingerprint density at radius 2 is 1.92 bits per heavy atom. The zero-order valence-corrected chi connectivity index (χ0v) is 13.8. The zero-order valence-electron chi connectivity index (χ0n) is 13.0. The molecule has 5 nitrogen and oxygen atoms in total. The van der Waals surface area contributed by atoms with Gasteiger partial charge in [-0.1, -0.05) is 12.1 Å². The highest BCUT2D eigenvalue weighted by Crippen LogP contribution is 2.27. The number of hydrogen-bond acceptors (Lipinski definition) is 6. The number of carbonyl (C=O) groups excluding carboxylic acids is 1. The van der Waals surface area contributed by atoms with Crippen LogP contribution >= 0.6 is 11.3 Å². The molecular formula is C18H16O5S. The Morgan fingerprint density at radius 1 is 1.17 bits per heavy atom. The number of benzene rings is 2. The van der Waals surface area contributed by atoms with Crippen LogP contribution in [0.25, 0.3) is 20.2 Å². The molecule has 124 valence electrons. The second kappa shape index (κ2) is 6.98. The van der Waals surface area contributed by atoms with Gasteiger partial charge in [0, 0.05) is 20.2 Å². The Balaban J connectivity index is 1.83. The predicted molar refractivity (Wildman–Crippen MR) is 93.7 cm³/mol. The third kappa shape index (κ3) is 3.55. The molecule has 2 aromatic carbocycles. The van der Waals surface area contributed by atoms with E-state index in [1.807, 2.05) is 24.3 Å². The molecule has 1 heterocycles. The fraction of sp³-hybridized carbons (Fsp3) is 0.222. The van der Waals surface area contributed by atoms with E-state index in [4.69, 9.17) is 14.6 Å². The summed E-state index contributed by atoms with van der Waals surface area (Å²) in [5.41, 5.74) is -0.0542. The smallest absolute Gasteiger partial charge is 0.344 e. The molecule has 24 heavy (non-hydrogen) atoms. The molecule has 0 saturated heterocycles. The number of esters is 1. The Hall–Kier alpha value is -2.44. The van der Waals surface area contributed by atoms with Crippen LogP contribution < -0.4 is 10.2 Å². The van der Waals surface area contributed by atoms with Crippen LogP contribution in [0.2, 0.25) is 0 Å². The monoisotopic (exact) mass is 344 g/mol. The van der Waals surface area contributed by atoms with E-state index in [9.17, 15) is 9.59 Å². The lowest BCUT2D eigenvalue weighted by Crippen LogP contribution is -2.20. The third-order valence-corrected chi connectivity index (χ3v) is 4.54. The maximum absolute atomic E-state index is 12.6. The summed E-state index contributed by atoms with van der Waals surface area (Å²) in [6, 6.07) is 12.6. The topological polar surface area (TPSA) is 72.8 Å². The van der Waals surface area contributed by atoms with Gasteiger partial charge < -0.3 is 14.6 Å². The summed E-state index contributed by atoms with van der Waals surface area (Å²) in [5, 5.41) is 10.3. The highest BCUT2D eigenvalue weighted by molar-refractivity contribution is 7.24. The van der Waals surface area contributed by atoms with E-state index in [-0.39, 0.29) is 18.6 Å². The molecular weight excluding hydrogens is 328 g/mol. The number of aliphatic hydroxyl groups excluding tert-OH is 1. The zero-order chi connectivity index (χ0) is 17.1. The number of ether oxygens (including phenoxy) is 2. The first-order valence-corrected chi connectivity index (χ1v) is 8.28. The van der Waals surface area contributed by atoms with Gasteiger partial charge in [0.1, 0.15) is 12.4 Å². The van der Waals surface area contributed by atoms with Crippen LogP contribution in [-0.4, -0.2) is 30.4 Å². The lowest BCUT2D eigenvalue weighted by molar-refractivity contribution is -0.148. The largest absolute Gasteiger partial charge is 0.482 e. The lowest BCUT2D eigenvalue weighted by atomic mass is 10.2. The SMILES string of the molecule is CC(O)COC(=O)COc1ccc2sc3ccccc3c(=O)c2c1. The van der Waals surface area contributed by atoms with Gasteiger partial charge in [-0.25, -0.2) is 4.79 Å². The van der Waals surface area contributed by atoms with Crippen LogP contribution in [0.5, 0.6) is 5.75 Å². The van der Waals surface area contributed by atoms with Gasteiger partial charge in [0.25, 0.3) is 0 Å². The van der Waals surface area contributed by atoms with Crippen molar-refractivity contribution in [3.63, 3.8) is 0 Å². The quantitative estimate of drug-likeness (QED) is 0.569. The highest BCUT2D eigenvalue weighted by atomic mass is 32.1. The summed E-state index contributed by atoms with van der Waals surface area (Å²) >= 11 is 1.53. The molecule has 3 aromatic rings. The fourth-order valence-electron chi connectivity index (χ4n) is 2.27. The van der Waals surface area contributed by atoms with Gasteiger partial charge in [-0.15, -0.1) is 11.3 Å². The van der Waals surface area contributed by atoms with Gasteiger partial charge in [0.05, 0.1) is 6.10 Å². The van der Waals surface area contributed by atoms with Crippen molar-refractivity contribution < 1.29 is 19.4 Å². The van der Waals surface area contributed by atoms with Crippen LogP contribution in [-0.2, 0) is 9.53 Å². The Bertz CT molecular complexity index is 945. The van der Waals surface area contributed by atoms with Crippen LogP contribution in [0.15, 0.2) is 47.3 Å². The first-order valence-electron chi connectivity index (χ1n) is 7.46. The van der Waals surface area contributed by atoms with Crippen LogP contribution in [0.4, 0.5) is 0 Å². The van der Waals surface area contributed by atoms with Crippen LogP contribution in [0.3, 0.4) is 0 Å². The first kappa shape index (κ1) is 16.4. The van der Waals surface area contributed by atoms with E-state index in [2.05, 4.69) is 0 Å². The van der Waals surface area contributed by atoms with Gasteiger partial charge >= 0.3 is 5.97 Å². The third-order valence-electron chi connectivity index (χ3n) is 3.39. The van der Waals surface area contributed by atoms with Crippen molar-refractivity contribution in [3.05, 3.63) is 52.7 Å². The van der Waals surface area contributed by atoms with Crippen molar-refractivity contribution in [1.29, 1.82) is 0 Å². The Morgan fingerprint density at radius 3 is 2.71 bits per heavy atom. The molecule has 0 aliphatic rings. The van der Waals surface area contributed by atoms with Crippen molar-refractivity contribution >= 4 is 37.5 Å². The molecule has 1 aromatic heterocycles. The van der Waals surface area contributed by atoms with E-state index in [1.54, 1.807) is 18.2 Å². The minimum Gasteiger partial charge on any atom is -0.482 e. The average molecular weight is 344 g/mol. The number of fused-ring (bicyclic) bond motifs is 2. The van der Waals surface area contributed by atoms with Crippen molar-refractivity contribution in [3.8, 4) is 5.75 Å². The highest BCUT2D eigenvalue weighted by Gasteiger charge is 2.09. The molecule has 0 aliphatic carbocycles. The molecule has 1 unspecified atom stereocenters. The molecule has 0 amide bonds. The van der Waals surface area contributed by atoms with Gasteiger partial charge in [-0.05, 0) is 37.3 Å². The van der Waals surface area contributed by atoms with Crippen molar-refractivity contribution in [2.45, 2.75) is 13.0 Å². The number of rotatable bonds is 5. The van der Waals surface area contributed by atoms with E-state index in [0.29, 0.717) is 16.5 Å². The van der Waals surface area contributed by atoms with Crippen molar-refractivity contribution in [2.24, 2.45) is 0 Å². The van der Waals surface area contributed by atoms with Crippen molar-refractivity contribution in [1.82, 2.24) is 0 Å². The molecule has 0 fully saturated rings. The first-order chi connectivity index (χ1) is 11.5. The van der Waals surface area contributed by atoms with Crippen molar-refractivity contribution in [2.75, 3.05) is 13.2 Å². The number of carbonyl (C=O) groups is 1. The number of hydrogen-bond donors (Lipinski definition) is 1. The lowest BCUT2D eigenvalue weighted by Gasteiger charge is -2.09. The number of aliphatic hydroxyl groups is 1. The van der Waals surface area contributed by atoms with Crippen LogP contribution in [0, 0.1) is 0 Å². The summed E-state index contributed by atoms with van der Waals surface area (Å²) in [5.74, 6) is -0.143. The molecule has 3 rings (SSSR count). The van der Waals surface area contributed by atoms with Gasteiger partial charge in [-0.3, -0.25) is 4.79 Å². The normalized spacial score (nSPS) is 12.2. The standard InChI is InChI=1S/C18H16O5S/c1-11(19)9-23-17(20)10-22-12-6-7-16-14(8-12)18(21)13-4-2-3-5-15(13)24-16/h2-8,11,19H,9-10H2,1H3. The van der Waals surface area contributed by atoms with E-state index < -0.39 is 12.1 Å². The molecule has 0 aliphatic heterocycles. The minimum absolute atomic E-state index is 0.0542. The summed E-state index contributed by atoms with van der Waals surface area (Å²) in [6.07, 6.45) is -0.715. The maximum Gasteiger partial charge on any atom is 0.344 e. The van der Waals surface area contributed by atoms with E-state index in [0.717, 1.165) is 9.40 Å². The molecule has 0 saturated carbocycles. The summed E-state index contributed by atoms with van der Waals surface area (Å²) in [4.78, 5) is 24.1. The summed E-state index contributed by atoms with van der Waals surface area (Å²) < 4.78 is 12.0. The summed E-state index contributed by atoms with van der Waals surface area (Å²) in [7, 11) is 0.